The van der Waals surface area contributed by atoms with Gasteiger partial charge in [-0.2, -0.15) is 0 Å². The number of sulfonamides is 1. The molecule has 0 aliphatic carbocycles. The molecule has 8 heteroatoms. The van der Waals surface area contributed by atoms with Gasteiger partial charge in [0, 0.05) is 12.1 Å². The van der Waals surface area contributed by atoms with Crippen LogP contribution in [0, 0.1) is 0 Å². The number of hydrogen-bond donors (Lipinski definition) is 1. The number of amides is 1. The van der Waals surface area contributed by atoms with Crippen LogP contribution in [0.4, 0.5) is 5.69 Å². The Labute approximate surface area is 145 Å². The Morgan fingerprint density at radius 1 is 1.21 bits per heavy atom. The van der Waals surface area contributed by atoms with Crippen LogP contribution in [0.5, 0.6) is 0 Å². The highest BCUT2D eigenvalue weighted by Gasteiger charge is 2.18. The van der Waals surface area contributed by atoms with Crippen molar-refractivity contribution in [2.24, 2.45) is 0 Å². The molecule has 0 aliphatic heterocycles. The first-order chi connectivity index (χ1) is 11.3. The molecule has 1 N–H and O–H groups in total. The van der Waals surface area contributed by atoms with Gasteiger partial charge >= 0.3 is 0 Å². The Hall–Kier alpha value is -2.19. The SMILES string of the molecule is CC(=O)c1cccc(N(CCNC(=O)c2cccs2)S(C)(=O)=O)c1. The number of hydrogen-bond acceptors (Lipinski definition) is 5. The molecule has 0 fully saturated rings. The molecule has 24 heavy (non-hydrogen) atoms. The lowest BCUT2D eigenvalue weighted by atomic mass is 10.1. The maximum atomic E-state index is 12.0. The Morgan fingerprint density at radius 2 is 1.96 bits per heavy atom. The zero-order valence-electron chi connectivity index (χ0n) is 13.4. The van der Waals surface area contributed by atoms with Crippen molar-refractivity contribution < 1.29 is 18.0 Å². The van der Waals surface area contributed by atoms with Crippen molar-refractivity contribution in [3.63, 3.8) is 0 Å². The van der Waals surface area contributed by atoms with Crippen LogP contribution in [0.25, 0.3) is 0 Å². The van der Waals surface area contributed by atoms with Crippen molar-refractivity contribution in [3.05, 3.63) is 52.2 Å². The highest BCUT2D eigenvalue weighted by atomic mass is 32.2. The van der Waals surface area contributed by atoms with Crippen molar-refractivity contribution in [2.75, 3.05) is 23.7 Å². The van der Waals surface area contributed by atoms with E-state index >= 15 is 0 Å². The second-order valence-electron chi connectivity index (χ2n) is 5.17. The summed E-state index contributed by atoms with van der Waals surface area (Å²) in [5, 5.41) is 4.49. The third-order valence-electron chi connectivity index (χ3n) is 3.29. The molecule has 128 valence electrons. The van der Waals surface area contributed by atoms with E-state index in [0.29, 0.717) is 16.1 Å². The lowest BCUT2D eigenvalue weighted by Gasteiger charge is -2.23. The largest absolute Gasteiger partial charge is 0.350 e. The van der Waals surface area contributed by atoms with Crippen molar-refractivity contribution in [2.45, 2.75) is 6.92 Å². The predicted molar refractivity (Wildman–Crippen MR) is 95.3 cm³/mol. The van der Waals surface area contributed by atoms with E-state index in [1.54, 1.807) is 35.7 Å². The summed E-state index contributed by atoms with van der Waals surface area (Å²) >= 11 is 1.32. The van der Waals surface area contributed by atoms with Gasteiger partial charge in [0.25, 0.3) is 5.91 Å². The molecule has 1 aromatic carbocycles. The van der Waals surface area contributed by atoms with Gasteiger partial charge in [-0.3, -0.25) is 13.9 Å². The Balaban J connectivity index is 2.11. The minimum absolute atomic E-state index is 0.0807. The lowest BCUT2D eigenvalue weighted by Crippen LogP contribution is -2.38. The third kappa shape index (κ3) is 4.65. The molecule has 1 heterocycles. The zero-order valence-corrected chi connectivity index (χ0v) is 15.0. The van der Waals surface area contributed by atoms with Gasteiger partial charge in [-0.05, 0) is 30.5 Å². The van der Waals surface area contributed by atoms with Crippen LogP contribution in [0.1, 0.15) is 27.0 Å². The molecule has 1 aromatic heterocycles. The summed E-state index contributed by atoms with van der Waals surface area (Å²) in [4.78, 5) is 24.0. The van der Waals surface area contributed by atoms with Crippen molar-refractivity contribution in [1.29, 1.82) is 0 Å². The highest BCUT2D eigenvalue weighted by Crippen LogP contribution is 2.19. The summed E-state index contributed by atoms with van der Waals surface area (Å²) in [6.45, 7) is 1.66. The van der Waals surface area contributed by atoms with Crippen LogP contribution in [-0.2, 0) is 10.0 Å². The number of carbonyl (C=O) groups is 2. The fraction of sp³-hybridized carbons (Fsp3) is 0.250. The Bertz CT molecular complexity index is 830. The quantitative estimate of drug-likeness (QED) is 0.761. The molecule has 1 amide bonds. The molecule has 2 aromatic rings. The molecule has 0 saturated carbocycles. The Morgan fingerprint density at radius 3 is 2.54 bits per heavy atom. The topological polar surface area (TPSA) is 83.6 Å². The molecule has 0 spiro atoms. The van der Waals surface area contributed by atoms with E-state index in [4.69, 9.17) is 0 Å². The van der Waals surface area contributed by atoms with E-state index in [1.165, 1.54) is 28.6 Å². The second-order valence-corrected chi connectivity index (χ2v) is 8.03. The van der Waals surface area contributed by atoms with E-state index in [9.17, 15) is 18.0 Å². The van der Waals surface area contributed by atoms with Crippen LogP contribution in [0.3, 0.4) is 0 Å². The van der Waals surface area contributed by atoms with Gasteiger partial charge in [0.1, 0.15) is 0 Å². The number of thiophene rings is 1. The first kappa shape index (κ1) is 18.2. The fourth-order valence-electron chi connectivity index (χ4n) is 2.13. The fourth-order valence-corrected chi connectivity index (χ4v) is 3.69. The van der Waals surface area contributed by atoms with Gasteiger partial charge in [0.05, 0.1) is 23.4 Å². The molecular weight excluding hydrogens is 348 g/mol. The van der Waals surface area contributed by atoms with Crippen molar-refractivity contribution >= 4 is 38.7 Å². The number of benzene rings is 1. The van der Waals surface area contributed by atoms with Crippen LogP contribution in [0.2, 0.25) is 0 Å². The molecule has 2 rings (SSSR count). The van der Waals surface area contributed by atoms with E-state index in [2.05, 4.69) is 5.32 Å². The number of ketones is 1. The smallest absolute Gasteiger partial charge is 0.261 e. The van der Waals surface area contributed by atoms with E-state index in [0.717, 1.165) is 6.26 Å². The molecular formula is C16H18N2O4S2. The van der Waals surface area contributed by atoms with Crippen LogP contribution in [-0.4, -0.2) is 39.5 Å². The molecule has 0 unspecified atom stereocenters. The average Bonchev–Trinajstić information content (AvgIpc) is 3.04. The van der Waals surface area contributed by atoms with Crippen molar-refractivity contribution in [3.8, 4) is 0 Å². The highest BCUT2D eigenvalue weighted by molar-refractivity contribution is 7.92. The monoisotopic (exact) mass is 366 g/mol. The second kappa shape index (κ2) is 7.59. The third-order valence-corrected chi connectivity index (χ3v) is 5.35. The average molecular weight is 366 g/mol. The molecule has 6 nitrogen and oxygen atoms in total. The van der Waals surface area contributed by atoms with Gasteiger partial charge in [0.15, 0.2) is 5.78 Å². The van der Waals surface area contributed by atoms with E-state index < -0.39 is 10.0 Å². The number of carbonyl (C=O) groups excluding carboxylic acids is 2. The summed E-state index contributed by atoms with van der Waals surface area (Å²) in [6.07, 6.45) is 1.09. The van der Waals surface area contributed by atoms with Crippen LogP contribution in [0.15, 0.2) is 41.8 Å². The van der Waals surface area contributed by atoms with Gasteiger partial charge in [-0.15, -0.1) is 11.3 Å². The van der Waals surface area contributed by atoms with E-state index in [-0.39, 0.29) is 24.8 Å². The first-order valence-electron chi connectivity index (χ1n) is 7.19. The minimum atomic E-state index is -3.54. The minimum Gasteiger partial charge on any atom is -0.350 e. The summed E-state index contributed by atoms with van der Waals surface area (Å²) in [6, 6.07) is 9.89. The van der Waals surface area contributed by atoms with Gasteiger partial charge in [-0.1, -0.05) is 18.2 Å². The van der Waals surface area contributed by atoms with Crippen molar-refractivity contribution in [1.82, 2.24) is 5.32 Å². The predicted octanol–water partition coefficient (Wildman–Crippen LogP) is 2.15. The molecule has 0 radical (unpaired) electrons. The number of rotatable bonds is 7. The van der Waals surface area contributed by atoms with Gasteiger partial charge in [-0.25, -0.2) is 8.42 Å². The molecule has 0 bridgehead atoms. The number of nitrogens with one attached hydrogen (secondary N) is 1. The molecule has 0 aliphatic rings. The molecule has 0 saturated heterocycles. The maximum Gasteiger partial charge on any atom is 0.261 e. The van der Waals surface area contributed by atoms with Crippen LogP contribution >= 0.6 is 11.3 Å². The molecule has 0 atom stereocenters. The van der Waals surface area contributed by atoms with Gasteiger partial charge in [0.2, 0.25) is 10.0 Å². The normalized spacial score (nSPS) is 11.1. The van der Waals surface area contributed by atoms with Crippen LogP contribution < -0.4 is 9.62 Å². The van der Waals surface area contributed by atoms with E-state index in [1.807, 2.05) is 0 Å². The maximum absolute atomic E-state index is 12.0. The lowest BCUT2D eigenvalue weighted by molar-refractivity contribution is 0.0957. The zero-order chi connectivity index (χ0) is 17.7. The number of Topliss-reactive ketones (excluding diaryl/α,β-unsaturated/α-hetero) is 1. The number of anilines is 1. The summed E-state index contributed by atoms with van der Waals surface area (Å²) < 4.78 is 25.3. The summed E-state index contributed by atoms with van der Waals surface area (Å²) in [5.74, 6) is -0.382. The summed E-state index contributed by atoms with van der Waals surface area (Å²) in [7, 11) is -3.54. The summed E-state index contributed by atoms with van der Waals surface area (Å²) in [5.41, 5.74) is 0.833. The van der Waals surface area contributed by atoms with Gasteiger partial charge < -0.3 is 5.32 Å². The first-order valence-corrected chi connectivity index (χ1v) is 9.92. The standard InChI is InChI=1S/C16H18N2O4S2/c1-12(19)13-5-3-6-14(11-13)18(24(2,21)22)9-8-17-16(20)15-7-4-10-23-15/h3-7,10-11H,8-9H2,1-2H3,(H,17,20). The Kier molecular flexibility index (Phi) is 5.74. The number of nitrogens with zero attached hydrogens (tertiary/aromatic N) is 1.